The number of para-hydroxylation sites is 3. The van der Waals surface area contributed by atoms with Crippen LogP contribution in [-0.2, 0) is 6.54 Å². The van der Waals surface area contributed by atoms with E-state index in [0.29, 0.717) is 12.4 Å². The molecule has 5 heteroatoms. The minimum absolute atomic E-state index is 0.147. The summed E-state index contributed by atoms with van der Waals surface area (Å²) in [5.41, 5.74) is 9.67. The number of aromatic nitrogens is 2. The second-order valence-corrected chi connectivity index (χ2v) is 12.5. The van der Waals surface area contributed by atoms with Gasteiger partial charge in [-0.1, -0.05) is 133 Å². The van der Waals surface area contributed by atoms with Crippen LogP contribution in [0.5, 0.6) is 0 Å². The molecule has 0 fully saturated rings. The number of nitrogens with one attached hydrogen (secondary N) is 2. The SMILES string of the molecule is N=C(N=C(NCc1ccccc1)c1ccccc1)n1c2ccccc2c2ccc(-c3ccc4c(c3)c3ccccc3n4-c3ccccc3)cc21. The molecular weight excluding hydrogens is 611 g/mol. The Morgan fingerprint density at radius 1 is 0.500 bits per heavy atom. The van der Waals surface area contributed by atoms with Crippen molar-refractivity contribution in [2.24, 2.45) is 4.99 Å². The first kappa shape index (κ1) is 29.4. The molecule has 0 unspecified atom stereocenters. The van der Waals surface area contributed by atoms with Gasteiger partial charge >= 0.3 is 0 Å². The van der Waals surface area contributed by atoms with Crippen LogP contribution in [0.25, 0.3) is 60.4 Å². The van der Waals surface area contributed by atoms with Gasteiger partial charge in [-0.3, -0.25) is 9.98 Å². The molecule has 0 aliphatic rings. The average Bonchev–Trinajstić information content (AvgIpc) is 3.70. The smallest absolute Gasteiger partial charge is 0.229 e. The number of fused-ring (bicyclic) bond motifs is 6. The Kier molecular flexibility index (Phi) is 7.29. The van der Waals surface area contributed by atoms with Crippen LogP contribution in [0.4, 0.5) is 0 Å². The third kappa shape index (κ3) is 5.13. The predicted molar refractivity (Wildman–Crippen MR) is 209 cm³/mol. The maximum absolute atomic E-state index is 9.46. The Labute approximate surface area is 289 Å². The van der Waals surface area contributed by atoms with Gasteiger partial charge in [0.1, 0.15) is 5.84 Å². The first-order valence-corrected chi connectivity index (χ1v) is 16.9. The molecule has 5 nitrogen and oxygen atoms in total. The summed E-state index contributed by atoms with van der Waals surface area (Å²) in [6.45, 7) is 0.600. The second-order valence-electron chi connectivity index (χ2n) is 12.5. The van der Waals surface area contributed by atoms with E-state index in [1.165, 1.54) is 21.8 Å². The van der Waals surface area contributed by atoms with E-state index in [1.54, 1.807) is 0 Å². The van der Waals surface area contributed by atoms with Crippen molar-refractivity contribution in [3.8, 4) is 16.8 Å². The maximum Gasteiger partial charge on any atom is 0.229 e. The van der Waals surface area contributed by atoms with Crippen molar-refractivity contribution in [3.63, 3.8) is 0 Å². The van der Waals surface area contributed by atoms with Crippen LogP contribution in [0, 0.1) is 5.41 Å². The van der Waals surface area contributed by atoms with E-state index in [9.17, 15) is 5.41 Å². The summed E-state index contributed by atoms with van der Waals surface area (Å²) in [4.78, 5) is 4.96. The van der Waals surface area contributed by atoms with E-state index < -0.39 is 0 Å². The molecule has 0 spiro atoms. The van der Waals surface area contributed by atoms with Gasteiger partial charge in [0.25, 0.3) is 0 Å². The molecule has 0 aliphatic carbocycles. The zero-order valence-electron chi connectivity index (χ0n) is 27.3. The van der Waals surface area contributed by atoms with Gasteiger partial charge in [-0.2, -0.15) is 4.99 Å². The topological polar surface area (TPSA) is 58.1 Å². The molecule has 9 aromatic rings. The molecule has 0 saturated carbocycles. The Bertz CT molecular complexity index is 2700. The molecular formula is C45H33N5. The monoisotopic (exact) mass is 643 g/mol. The zero-order valence-corrected chi connectivity index (χ0v) is 27.3. The van der Waals surface area contributed by atoms with Crippen molar-refractivity contribution in [1.29, 1.82) is 5.41 Å². The van der Waals surface area contributed by atoms with Gasteiger partial charge in [0.05, 0.1) is 22.1 Å². The lowest BCUT2D eigenvalue weighted by molar-refractivity contribution is 0.914. The fourth-order valence-electron chi connectivity index (χ4n) is 7.13. The van der Waals surface area contributed by atoms with Crippen molar-refractivity contribution < 1.29 is 0 Å². The largest absolute Gasteiger partial charge is 0.365 e. The molecule has 0 radical (unpaired) electrons. The van der Waals surface area contributed by atoms with Crippen molar-refractivity contribution >= 4 is 55.4 Å². The molecule has 50 heavy (non-hydrogen) atoms. The summed E-state index contributed by atoms with van der Waals surface area (Å²) in [6, 6.07) is 61.1. The molecule has 0 saturated heterocycles. The minimum Gasteiger partial charge on any atom is -0.365 e. The van der Waals surface area contributed by atoms with Gasteiger partial charge in [0.2, 0.25) is 5.96 Å². The molecule has 0 amide bonds. The van der Waals surface area contributed by atoms with Gasteiger partial charge < -0.3 is 9.88 Å². The zero-order chi connectivity index (χ0) is 33.4. The van der Waals surface area contributed by atoms with Crippen molar-refractivity contribution in [2.75, 3.05) is 0 Å². The van der Waals surface area contributed by atoms with Gasteiger partial charge in [-0.05, 0) is 59.2 Å². The highest BCUT2D eigenvalue weighted by Gasteiger charge is 2.17. The second kappa shape index (κ2) is 12.4. The van der Waals surface area contributed by atoms with Gasteiger partial charge in [-0.25, -0.2) is 0 Å². The molecule has 0 aliphatic heterocycles. The number of hydrogen-bond acceptors (Lipinski definition) is 1. The maximum atomic E-state index is 9.46. The first-order valence-electron chi connectivity index (χ1n) is 16.9. The van der Waals surface area contributed by atoms with E-state index in [4.69, 9.17) is 4.99 Å². The molecule has 2 heterocycles. The van der Waals surface area contributed by atoms with Gasteiger partial charge in [0.15, 0.2) is 0 Å². The van der Waals surface area contributed by atoms with Crippen LogP contribution in [0.2, 0.25) is 0 Å². The lowest BCUT2D eigenvalue weighted by Crippen LogP contribution is -2.26. The molecule has 2 aromatic heterocycles. The predicted octanol–water partition coefficient (Wildman–Crippen LogP) is 10.6. The van der Waals surface area contributed by atoms with Gasteiger partial charge in [-0.15, -0.1) is 0 Å². The molecule has 2 N–H and O–H groups in total. The summed E-state index contributed by atoms with van der Waals surface area (Å²) < 4.78 is 4.31. The minimum atomic E-state index is 0.147. The van der Waals surface area contributed by atoms with E-state index in [1.807, 2.05) is 59.2 Å². The number of nitrogens with zero attached hydrogens (tertiary/aromatic N) is 3. The number of aliphatic imine (C=N–C) groups is 1. The highest BCUT2D eigenvalue weighted by atomic mass is 15.2. The van der Waals surface area contributed by atoms with Crippen molar-refractivity contribution in [2.45, 2.75) is 6.54 Å². The first-order chi connectivity index (χ1) is 24.7. The van der Waals surface area contributed by atoms with Crippen LogP contribution in [0.15, 0.2) is 181 Å². The average molecular weight is 644 g/mol. The van der Waals surface area contributed by atoms with E-state index in [-0.39, 0.29) is 5.96 Å². The van der Waals surface area contributed by atoms with Crippen LogP contribution >= 0.6 is 0 Å². The third-order valence-electron chi connectivity index (χ3n) is 9.47. The number of amidine groups is 1. The summed E-state index contributed by atoms with van der Waals surface area (Å²) in [6.07, 6.45) is 0. The van der Waals surface area contributed by atoms with Crippen LogP contribution in [0.1, 0.15) is 11.1 Å². The summed E-state index contributed by atoms with van der Waals surface area (Å²) in [7, 11) is 0. The molecule has 0 bridgehead atoms. The molecule has 0 atom stereocenters. The highest BCUT2D eigenvalue weighted by Crippen LogP contribution is 2.37. The van der Waals surface area contributed by atoms with Crippen LogP contribution in [0.3, 0.4) is 0 Å². The van der Waals surface area contributed by atoms with Crippen LogP contribution < -0.4 is 5.32 Å². The van der Waals surface area contributed by atoms with Crippen molar-refractivity contribution in [3.05, 3.63) is 187 Å². The fourth-order valence-corrected chi connectivity index (χ4v) is 7.13. The van der Waals surface area contributed by atoms with E-state index in [2.05, 4.69) is 131 Å². The summed E-state index contributed by atoms with van der Waals surface area (Å²) >= 11 is 0. The lowest BCUT2D eigenvalue weighted by Gasteiger charge is -2.13. The standard InChI is InChI=1S/C45H33N5/c46-45(48-44(32-16-6-2-7-17-32)47-30-31-14-4-1-5-15-31)50-41-23-13-10-20-36(41)38-26-24-34(29-43(38)50)33-25-27-42-39(28-33)37-21-11-12-22-40(37)49(42)35-18-8-3-9-19-35/h1-29H,30H2,(H2,46,47,48). The van der Waals surface area contributed by atoms with Crippen molar-refractivity contribution in [1.82, 2.24) is 14.5 Å². The number of hydrogen-bond donors (Lipinski definition) is 2. The lowest BCUT2D eigenvalue weighted by atomic mass is 10.0. The summed E-state index contributed by atoms with van der Waals surface area (Å²) in [5, 5.41) is 17.6. The number of rotatable bonds is 5. The van der Waals surface area contributed by atoms with E-state index >= 15 is 0 Å². The number of benzene rings is 7. The fraction of sp³-hybridized carbons (Fsp3) is 0.0222. The quantitative estimate of drug-likeness (QED) is 0.142. The summed E-state index contributed by atoms with van der Waals surface area (Å²) in [5.74, 6) is 0.802. The Morgan fingerprint density at radius 3 is 1.82 bits per heavy atom. The van der Waals surface area contributed by atoms with E-state index in [0.717, 1.165) is 49.7 Å². The Hall–Kier alpha value is -6.72. The van der Waals surface area contributed by atoms with Crippen LogP contribution in [-0.4, -0.2) is 20.9 Å². The molecule has 9 rings (SSSR count). The normalized spacial score (nSPS) is 11.9. The highest BCUT2D eigenvalue weighted by molar-refractivity contribution is 6.17. The Balaban J connectivity index is 1.18. The molecule has 7 aromatic carbocycles. The van der Waals surface area contributed by atoms with Gasteiger partial charge in [0, 0.05) is 39.3 Å². The third-order valence-corrected chi connectivity index (χ3v) is 9.47. The Morgan fingerprint density at radius 2 is 1.06 bits per heavy atom. The molecule has 238 valence electrons.